The molecule has 0 saturated carbocycles. The quantitative estimate of drug-likeness (QED) is 0.744. The lowest BCUT2D eigenvalue weighted by Crippen LogP contribution is -2.44. The molecule has 0 amide bonds. The fraction of sp³-hybridized carbons (Fsp3) is 0.500. The van der Waals surface area contributed by atoms with Crippen LogP contribution in [-0.4, -0.2) is 24.3 Å². The molecule has 84 valence electrons. The van der Waals surface area contributed by atoms with E-state index in [2.05, 4.69) is 0 Å². The number of likely N-dealkylation sites (N-methyl/N-ethyl adjacent to an activating group) is 1. The molecule has 0 bridgehead atoms. The number of nitrogens with zero attached hydrogens (tertiary/aromatic N) is 1. The lowest BCUT2D eigenvalue weighted by molar-refractivity contribution is 0.216. The van der Waals surface area contributed by atoms with Gasteiger partial charge in [0.1, 0.15) is 0 Å². The second-order valence-electron chi connectivity index (χ2n) is 4.59. The summed E-state index contributed by atoms with van der Waals surface area (Å²) in [7, 11) is 1.94. The van der Waals surface area contributed by atoms with E-state index >= 15 is 0 Å². The Morgan fingerprint density at radius 1 is 1.40 bits per heavy atom. The van der Waals surface area contributed by atoms with Crippen molar-refractivity contribution in [2.75, 3.05) is 24.3 Å². The highest BCUT2D eigenvalue weighted by Gasteiger charge is 2.23. The number of nitrogen functional groups attached to an aromatic ring is 1. The summed E-state index contributed by atoms with van der Waals surface area (Å²) in [4.78, 5) is 2.00. The van der Waals surface area contributed by atoms with Crippen LogP contribution in [-0.2, 0) is 0 Å². The monoisotopic (exact) mass is 208 g/mol. The van der Waals surface area contributed by atoms with Gasteiger partial charge in [0.15, 0.2) is 0 Å². The summed E-state index contributed by atoms with van der Waals surface area (Å²) in [5.41, 5.74) is 8.50. The third kappa shape index (κ3) is 2.42. The highest BCUT2D eigenvalue weighted by molar-refractivity contribution is 5.69. The molecular weight excluding hydrogens is 188 g/mol. The summed E-state index contributed by atoms with van der Waals surface area (Å²) in [6, 6.07) is 5.96. The van der Waals surface area contributed by atoms with Gasteiger partial charge in [-0.1, -0.05) is 6.07 Å². The van der Waals surface area contributed by atoms with Gasteiger partial charge in [0.2, 0.25) is 0 Å². The molecule has 3 heteroatoms. The van der Waals surface area contributed by atoms with Crippen LogP contribution in [0.2, 0.25) is 0 Å². The number of anilines is 2. The maximum Gasteiger partial charge on any atom is 0.0658 e. The number of aliphatic hydroxyl groups excluding tert-OH is 1. The van der Waals surface area contributed by atoms with Crippen LogP contribution in [0.25, 0.3) is 0 Å². The Morgan fingerprint density at radius 2 is 2.00 bits per heavy atom. The Hall–Kier alpha value is -1.22. The summed E-state index contributed by atoms with van der Waals surface area (Å²) < 4.78 is 0. The Kier molecular flexibility index (Phi) is 3.25. The first-order valence-electron chi connectivity index (χ1n) is 5.09. The minimum absolute atomic E-state index is 0.0941. The van der Waals surface area contributed by atoms with Crippen molar-refractivity contribution in [2.45, 2.75) is 26.3 Å². The largest absolute Gasteiger partial charge is 0.397 e. The standard InChI is InChI=1S/C12H20N2O/c1-9-5-6-11(10(13)7-9)14(4)12(2,3)8-15/h5-7,15H,8,13H2,1-4H3. The first kappa shape index (κ1) is 11.9. The highest BCUT2D eigenvalue weighted by Crippen LogP contribution is 2.28. The topological polar surface area (TPSA) is 49.5 Å². The molecule has 0 spiro atoms. The molecule has 0 aliphatic rings. The second-order valence-corrected chi connectivity index (χ2v) is 4.59. The summed E-state index contributed by atoms with van der Waals surface area (Å²) in [6.07, 6.45) is 0. The van der Waals surface area contributed by atoms with Crippen molar-refractivity contribution < 1.29 is 5.11 Å². The fourth-order valence-corrected chi connectivity index (χ4v) is 1.41. The minimum Gasteiger partial charge on any atom is -0.397 e. The van der Waals surface area contributed by atoms with Crippen LogP contribution in [0.1, 0.15) is 19.4 Å². The third-order valence-corrected chi connectivity index (χ3v) is 2.84. The molecular formula is C12H20N2O. The maximum atomic E-state index is 9.29. The van der Waals surface area contributed by atoms with Crippen molar-refractivity contribution in [3.05, 3.63) is 23.8 Å². The molecule has 1 aromatic carbocycles. The van der Waals surface area contributed by atoms with Crippen LogP contribution in [0.4, 0.5) is 11.4 Å². The van der Waals surface area contributed by atoms with Crippen LogP contribution in [0, 0.1) is 6.92 Å². The molecule has 1 aromatic rings. The van der Waals surface area contributed by atoms with Crippen molar-refractivity contribution in [1.29, 1.82) is 0 Å². The van der Waals surface area contributed by atoms with E-state index in [1.165, 1.54) is 0 Å². The van der Waals surface area contributed by atoms with E-state index in [1.807, 2.05) is 50.9 Å². The average Bonchev–Trinajstić information content (AvgIpc) is 2.17. The molecule has 0 aliphatic heterocycles. The van der Waals surface area contributed by atoms with Crippen molar-refractivity contribution in [1.82, 2.24) is 0 Å². The molecule has 15 heavy (non-hydrogen) atoms. The molecule has 0 unspecified atom stereocenters. The van der Waals surface area contributed by atoms with Crippen molar-refractivity contribution >= 4 is 11.4 Å². The van der Waals surface area contributed by atoms with Gasteiger partial charge in [-0.05, 0) is 38.5 Å². The van der Waals surface area contributed by atoms with E-state index in [-0.39, 0.29) is 12.1 Å². The lowest BCUT2D eigenvalue weighted by Gasteiger charge is -2.36. The summed E-state index contributed by atoms with van der Waals surface area (Å²) >= 11 is 0. The van der Waals surface area contributed by atoms with Crippen LogP contribution >= 0.6 is 0 Å². The Bertz CT molecular complexity index is 347. The zero-order chi connectivity index (χ0) is 11.6. The molecule has 1 rings (SSSR count). The minimum atomic E-state index is -0.302. The van der Waals surface area contributed by atoms with Crippen LogP contribution in [0.3, 0.4) is 0 Å². The zero-order valence-corrected chi connectivity index (χ0v) is 9.91. The molecule has 3 N–H and O–H groups in total. The first-order chi connectivity index (χ1) is 6.88. The van der Waals surface area contributed by atoms with E-state index in [9.17, 15) is 5.11 Å². The molecule has 0 saturated heterocycles. The second kappa shape index (κ2) is 4.11. The molecule has 0 atom stereocenters. The van der Waals surface area contributed by atoms with Crippen molar-refractivity contribution in [3.63, 3.8) is 0 Å². The van der Waals surface area contributed by atoms with Gasteiger partial charge in [0.05, 0.1) is 23.5 Å². The van der Waals surface area contributed by atoms with Crippen LogP contribution < -0.4 is 10.6 Å². The summed E-state index contributed by atoms with van der Waals surface area (Å²) in [5.74, 6) is 0. The van der Waals surface area contributed by atoms with E-state index in [1.54, 1.807) is 0 Å². The SMILES string of the molecule is Cc1ccc(N(C)C(C)(C)CO)c(N)c1. The van der Waals surface area contributed by atoms with Gasteiger partial charge in [0, 0.05) is 7.05 Å². The molecule has 0 aromatic heterocycles. The number of hydrogen-bond donors (Lipinski definition) is 2. The van der Waals surface area contributed by atoms with E-state index in [0.29, 0.717) is 0 Å². The summed E-state index contributed by atoms with van der Waals surface area (Å²) in [5, 5.41) is 9.29. The van der Waals surface area contributed by atoms with Crippen molar-refractivity contribution in [3.8, 4) is 0 Å². The van der Waals surface area contributed by atoms with E-state index in [0.717, 1.165) is 16.9 Å². The number of hydrogen-bond acceptors (Lipinski definition) is 3. The Morgan fingerprint density at radius 3 is 2.47 bits per heavy atom. The Balaban J connectivity index is 3.06. The predicted octanol–water partition coefficient (Wildman–Crippen LogP) is 1.78. The third-order valence-electron chi connectivity index (χ3n) is 2.84. The number of benzene rings is 1. The normalized spacial score (nSPS) is 11.5. The van der Waals surface area contributed by atoms with E-state index in [4.69, 9.17) is 5.73 Å². The lowest BCUT2D eigenvalue weighted by atomic mass is 10.0. The number of aryl methyl sites for hydroxylation is 1. The average molecular weight is 208 g/mol. The summed E-state index contributed by atoms with van der Waals surface area (Å²) in [6.45, 7) is 6.06. The van der Waals surface area contributed by atoms with E-state index < -0.39 is 0 Å². The number of rotatable bonds is 3. The number of aliphatic hydroxyl groups is 1. The molecule has 0 aliphatic carbocycles. The van der Waals surface area contributed by atoms with Gasteiger partial charge in [-0.15, -0.1) is 0 Å². The van der Waals surface area contributed by atoms with Crippen LogP contribution in [0.15, 0.2) is 18.2 Å². The Labute approximate surface area is 91.5 Å². The predicted molar refractivity (Wildman–Crippen MR) is 65.2 cm³/mol. The number of nitrogens with two attached hydrogens (primary N) is 1. The first-order valence-corrected chi connectivity index (χ1v) is 5.09. The highest BCUT2D eigenvalue weighted by atomic mass is 16.3. The van der Waals surface area contributed by atoms with Gasteiger partial charge in [-0.3, -0.25) is 0 Å². The molecule has 0 radical (unpaired) electrons. The van der Waals surface area contributed by atoms with Gasteiger partial charge in [-0.25, -0.2) is 0 Å². The maximum absolute atomic E-state index is 9.29. The fourth-order valence-electron chi connectivity index (χ4n) is 1.41. The molecule has 0 heterocycles. The van der Waals surface area contributed by atoms with Crippen LogP contribution in [0.5, 0.6) is 0 Å². The zero-order valence-electron chi connectivity index (χ0n) is 9.91. The van der Waals surface area contributed by atoms with Crippen molar-refractivity contribution in [2.24, 2.45) is 0 Å². The van der Waals surface area contributed by atoms with Gasteiger partial charge < -0.3 is 15.7 Å². The van der Waals surface area contributed by atoms with Gasteiger partial charge in [-0.2, -0.15) is 0 Å². The van der Waals surface area contributed by atoms with Gasteiger partial charge in [0.25, 0.3) is 0 Å². The smallest absolute Gasteiger partial charge is 0.0658 e. The van der Waals surface area contributed by atoms with Gasteiger partial charge >= 0.3 is 0 Å². The molecule has 3 nitrogen and oxygen atoms in total. The molecule has 0 fully saturated rings.